The summed E-state index contributed by atoms with van der Waals surface area (Å²) in [7, 11) is -2.86. The second kappa shape index (κ2) is 9.55. The van der Waals surface area contributed by atoms with Gasteiger partial charge in [0.15, 0.2) is 9.84 Å². The molecule has 0 aromatic heterocycles. The van der Waals surface area contributed by atoms with E-state index in [4.69, 9.17) is 17.0 Å². The Labute approximate surface area is 128 Å². The van der Waals surface area contributed by atoms with Gasteiger partial charge >= 0.3 is 0 Å². The zero-order chi connectivity index (χ0) is 14.8. The molecule has 0 aromatic carbocycles. The highest BCUT2D eigenvalue weighted by atomic mass is 32.2. The quantitative estimate of drug-likeness (QED) is 0.523. The molecule has 1 aliphatic heterocycles. The van der Waals surface area contributed by atoms with Crippen LogP contribution < -0.4 is 5.32 Å². The van der Waals surface area contributed by atoms with Gasteiger partial charge in [0.05, 0.1) is 18.1 Å². The van der Waals surface area contributed by atoms with Crippen LogP contribution in [0, 0.1) is 0 Å². The standard InChI is InChI=1S/C14H27NO3S2/c1-2-3-4-5-6-7-8-10-18-14(19)15-13-9-11-20(16,17)12-13/h13H,2-12H2,1H3,(H,15,19). The number of ether oxygens (including phenoxy) is 1. The van der Waals surface area contributed by atoms with Gasteiger partial charge in [0.1, 0.15) is 0 Å². The number of unbranched alkanes of at least 4 members (excludes halogenated alkanes) is 6. The Morgan fingerprint density at radius 1 is 1.20 bits per heavy atom. The third-order valence-corrected chi connectivity index (χ3v) is 5.54. The molecule has 1 fully saturated rings. The van der Waals surface area contributed by atoms with Crippen molar-refractivity contribution in [1.82, 2.24) is 5.32 Å². The van der Waals surface area contributed by atoms with Crippen molar-refractivity contribution in [2.45, 2.75) is 64.3 Å². The molecule has 0 amide bonds. The van der Waals surface area contributed by atoms with Crippen molar-refractivity contribution in [2.24, 2.45) is 0 Å². The smallest absolute Gasteiger partial charge is 0.256 e. The van der Waals surface area contributed by atoms with E-state index in [9.17, 15) is 8.42 Å². The first kappa shape index (κ1) is 17.7. The SMILES string of the molecule is CCCCCCCCCOC(=S)NC1CCS(=O)(=O)C1. The van der Waals surface area contributed by atoms with E-state index in [1.807, 2.05) is 0 Å². The predicted octanol–water partition coefficient (Wildman–Crippen LogP) is 2.82. The second-order valence-electron chi connectivity index (χ2n) is 5.50. The number of sulfone groups is 1. The third-order valence-electron chi connectivity index (χ3n) is 3.54. The van der Waals surface area contributed by atoms with Crippen molar-refractivity contribution in [2.75, 3.05) is 18.1 Å². The van der Waals surface area contributed by atoms with Crippen molar-refractivity contribution in [3.05, 3.63) is 0 Å². The van der Waals surface area contributed by atoms with Gasteiger partial charge < -0.3 is 10.1 Å². The molecule has 4 nitrogen and oxygen atoms in total. The fourth-order valence-electron chi connectivity index (χ4n) is 2.34. The van der Waals surface area contributed by atoms with Crippen LogP contribution in [0.15, 0.2) is 0 Å². The highest BCUT2D eigenvalue weighted by molar-refractivity contribution is 7.91. The highest BCUT2D eigenvalue weighted by Crippen LogP contribution is 2.11. The molecule has 20 heavy (non-hydrogen) atoms. The molecule has 1 rings (SSSR count). The maximum atomic E-state index is 11.3. The van der Waals surface area contributed by atoms with Crippen molar-refractivity contribution in [3.8, 4) is 0 Å². The van der Waals surface area contributed by atoms with Crippen LogP contribution in [0.5, 0.6) is 0 Å². The van der Waals surface area contributed by atoms with E-state index in [1.54, 1.807) is 0 Å². The Bertz CT molecular complexity index is 382. The molecule has 118 valence electrons. The summed E-state index contributed by atoms with van der Waals surface area (Å²) in [5, 5.41) is 3.33. The maximum Gasteiger partial charge on any atom is 0.256 e. The summed E-state index contributed by atoms with van der Waals surface area (Å²) in [5.74, 6) is 0.430. The zero-order valence-corrected chi connectivity index (χ0v) is 14.0. The molecule has 1 saturated heterocycles. The molecule has 0 aliphatic carbocycles. The van der Waals surface area contributed by atoms with E-state index >= 15 is 0 Å². The van der Waals surface area contributed by atoms with E-state index in [0.717, 1.165) is 6.42 Å². The second-order valence-corrected chi connectivity index (χ2v) is 8.10. The first-order chi connectivity index (χ1) is 9.53. The van der Waals surface area contributed by atoms with E-state index in [-0.39, 0.29) is 17.5 Å². The molecule has 0 spiro atoms. The van der Waals surface area contributed by atoms with E-state index in [0.29, 0.717) is 18.2 Å². The summed E-state index contributed by atoms with van der Waals surface area (Å²) in [6.07, 6.45) is 9.30. The van der Waals surface area contributed by atoms with Crippen molar-refractivity contribution in [3.63, 3.8) is 0 Å². The first-order valence-electron chi connectivity index (χ1n) is 7.67. The Morgan fingerprint density at radius 2 is 1.85 bits per heavy atom. The molecule has 0 saturated carbocycles. The van der Waals surface area contributed by atoms with Gasteiger partial charge in [0, 0.05) is 6.04 Å². The average molecular weight is 322 g/mol. The average Bonchev–Trinajstić information content (AvgIpc) is 2.72. The minimum Gasteiger partial charge on any atom is -0.471 e. The summed E-state index contributed by atoms with van der Waals surface area (Å²) in [4.78, 5) is 0. The van der Waals surface area contributed by atoms with Crippen LogP contribution in [-0.2, 0) is 14.6 Å². The lowest BCUT2D eigenvalue weighted by atomic mass is 10.1. The van der Waals surface area contributed by atoms with Gasteiger partial charge in [-0.3, -0.25) is 0 Å². The summed E-state index contributed by atoms with van der Waals surface area (Å²) in [6, 6.07) is -0.0680. The lowest BCUT2D eigenvalue weighted by Gasteiger charge is -2.13. The van der Waals surface area contributed by atoms with E-state index < -0.39 is 9.84 Å². The van der Waals surface area contributed by atoms with Crippen LogP contribution >= 0.6 is 12.2 Å². The monoisotopic (exact) mass is 321 g/mol. The molecule has 0 bridgehead atoms. The van der Waals surface area contributed by atoms with Crippen LogP contribution in [0.1, 0.15) is 58.3 Å². The zero-order valence-electron chi connectivity index (χ0n) is 12.4. The molecule has 1 heterocycles. The molecule has 1 aliphatic rings. The van der Waals surface area contributed by atoms with Crippen LogP contribution in [0.25, 0.3) is 0 Å². The largest absolute Gasteiger partial charge is 0.471 e. The maximum absolute atomic E-state index is 11.3. The number of thiocarbonyl (C=S) groups is 1. The minimum absolute atomic E-state index is 0.0680. The number of hydrogen-bond acceptors (Lipinski definition) is 4. The van der Waals surface area contributed by atoms with Crippen LogP contribution in [0.2, 0.25) is 0 Å². The Balaban J connectivity index is 1.96. The molecule has 6 heteroatoms. The molecule has 1 unspecified atom stereocenters. The number of rotatable bonds is 9. The molecular weight excluding hydrogens is 294 g/mol. The van der Waals surface area contributed by atoms with Gasteiger partial charge in [0.2, 0.25) is 0 Å². The van der Waals surface area contributed by atoms with E-state index in [1.165, 1.54) is 38.5 Å². The fourth-order valence-corrected chi connectivity index (χ4v) is 4.26. The van der Waals surface area contributed by atoms with Gasteiger partial charge in [-0.15, -0.1) is 0 Å². The Kier molecular flexibility index (Phi) is 8.45. The van der Waals surface area contributed by atoms with Crippen molar-refractivity contribution < 1.29 is 13.2 Å². The summed E-state index contributed by atoms with van der Waals surface area (Å²) >= 11 is 5.07. The summed E-state index contributed by atoms with van der Waals surface area (Å²) in [6.45, 7) is 2.84. The topological polar surface area (TPSA) is 55.4 Å². The third kappa shape index (κ3) is 8.04. The van der Waals surface area contributed by atoms with Crippen LogP contribution in [-0.4, -0.2) is 37.7 Å². The molecule has 0 aromatic rings. The van der Waals surface area contributed by atoms with Crippen LogP contribution in [0.3, 0.4) is 0 Å². The fraction of sp³-hybridized carbons (Fsp3) is 0.929. The molecular formula is C14H27NO3S2. The van der Waals surface area contributed by atoms with Gasteiger partial charge in [-0.2, -0.15) is 0 Å². The first-order valence-corrected chi connectivity index (χ1v) is 9.90. The lowest BCUT2D eigenvalue weighted by molar-refractivity contribution is 0.283. The number of hydrogen-bond donors (Lipinski definition) is 1. The van der Waals surface area contributed by atoms with E-state index in [2.05, 4.69) is 12.2 Å². The Hall–Kier alpha value is -0.360. The molecule has 1 N–H and O–H groups in total. The lowest BCUT2D eigenvalue weighted by Crippen LogP contribution is -2.35. The van der Waals surface area contributed by atoms with Gasteiger partial charge in [0.25, 0.3) is 5.17 Å². The number of nitrogens with one attached hydrogen (secondary N) is 1. The van der Waals surface area contributed by atoms with Gasteiger partial charge in [-0.05, 0) is 25.1 Å². The minimum atomic E-state index is -2.86. The van der Waals surface area contributed by atoms with Crippen LogP contribution in [0.4, 0.5) is 0 Å². The predicted molar refractivity (Wildman–Crippen MR) is 86.7 cm³/mol. The van der Waals surface area contributed by atoms with Gasteiger partial charge in [-0.1, -0.05) is 45.4 Å². The molecule has 1 atom stereocenters. The normalized spacial score (nSPS) is 20.8. The summed E-state index contributed by atoms with van der Waals surface area (Å²) in [5.41, 5.74) is 0. The van der Waals surface area contributed by atoms with Crippen molar-refractivity contribution >= 4 is 27.2 Å². The summed E-state index contributed by atoms with van der Waals surface area (Å²) < 4.78 is 28.0. The van der Waals surface area contributed by atoms with Gasteiger partial charge in [-0.25, -0.2) is 8.42 Å². The molecule has 0 radical (unpaired) electrons. The van der Waals surface area contributed by atoms with Crippen molar-refractivity contribution in [1.29, 1.82) is 0 Å². The Morgan fingerprint density at radius 3 is 2.45 bits per heavy atom. The highest BCUT2D eigenvalue weighted by Gasteiger charge is 2.28.